The van der Waals surface area contributed by atoms with Gasteiger partial charge in [-0.15, -0.1) is 5.10 Å². The summed E-state index contributed by atoms with van der Waals surface area (Å²) in [4.78, 5) is 20.9. The van der Waals surface area contributed by atoms with Crippen molar-refractivity contribution in [3.63, 3.8) is 0 Å². The first-order valence-corrected chi connectivity index (χ1v) is 9.58. The summed E-state index contributed by atoms with van der Waals surface area (Å²) in [5, 5.41) is 7.52. The second-order valence-corrected chi connectivity index (χ2v) is 7.37. The second kappa shape index (κ2) is 7.74. The number of hydrogen-bond donors (Lipinski definition) is 0. The molecule has 0 atom stereocenters. The van der Waals surface area contributed by atoms with Gasteiger partial charge in [-0.05, 0) is 35.9 Å². The topological polar surface area (TPSA) is 51.5 Å². The maximum Gasteiger partial charge on any atom is 0.227 e. The Morgan fingerprint density at radius 2 is 1.93 bits per heavy atom. The van der Waals surface area contributed by atoms with Crippen LogP contribution in [0.15, 0.2) is 52.2 Å². The Labute approximate surface area is 168 Å². The third-order valence-corrected chi connectivity index (χ3v) is 5.37. The summed E-state index contributed by atoms with van der Waals surface area (Å²) in [6.45, 7) is 3.50. The summed E-state index contributed by atoms with van der Waals surface area (Å²) in [5.41, 5.74) is 1.85. The van der Waals surface area contributed by atoms with E-state index in [1.54, 1.807) is 23.5 Å². The highest BCUT2D eigenvalue weighted by atomic mass is 35.5. The normalized spacial score (nSPS) is 19.0. The fourth-order valence-electron chi connectivity index (χ4n) is 3.26. The molecular weight excluding hydrogens is 385 g/mol. The maximum absolute atomic E-state index is 12.6. The minimum absolute atomic E-state index is 0.0772. The molecule has 1 saturated heterocycles. The zero-order chi connectivity index (χ0) is 18.8. The number of aliphatic imine (C=N–C) groups is 1. The number of piperazine rings is 1. The van der Waals surface area contributed by atoms with Gasteiger partial charge < -0.3 is 9.80 Å². The fourth-order valence-corrected chi connectivity index (χ4v) is 3.73. The predicted molar refractivity (Wildman–Crippen MR) is 108 cm³/mol. The van der Waals surface area contributed by atoms with Gasteiger partial charge in [0.15, 0.2) is 0 Å². The van der Waals surface area contributed by atoms with E-state index in [1.165, 1.54) is 0 Å². The van der Waals surface area contributed by atoms with E-state index in [0.29, 0.717) is 29.7 Å². The van der Waals surface area contributed by atoms with E-state index < -0.39 is 0 Å². The largest absolute Gasteiger partial charge is 0.352 e. The molecule has 0 radical (unpaired) electrons. The molecular formula is C19H19Cl2N5O. The van der Waals surface area contributed by atoms with Gasteiger partial charge in [0.1, 0.15) is 12.2 Å². The van der Waals surface area contributed by atoms with Crippen LogP contribution in [0.2, 0.25) is 10.0 Å². The summed E-state index contributed by atoms with van der Waals surface area (Å²) >= 11 is 12.1. The highest BCUT2D eigenvalue weighted by Crippen LogP contribution is 2.22. The second-order valence-electron chi connectivity index (χ2n) is 6.53. The van der Waals surface area contributed by atoms with Crippen LogP contribution >= 0.6 is 23.2 Å². The Morgan fingerprint density at radius 3 is 2.70 bits per heavy atom. The molecule has 6 nitrogen and oxygen atoms in total. The number of halogens is 2. The number of nitrogens with zero attached hydrogens (tertiary/aromatic N) is 5. The van der Waals surface area contributed by atoms with Gasteiger partial charge in [0.2, 0.25) is 5.91 Å². The van der Waals surface area contributed by atoms with Crippen LogP contribution in [0.25, 0.3) is 0 Å². The molecule has 0 saturated carbocycles. The molecule has 3 aliphatic heterocycles. The number of hydrogen-bond acceptors (Lipinski definition) is 5. The Balaban J connectivity index is 1.35. The summed E-state index contributed by atoms with van der Waals surface area (Å²) < 4.78 is 0. The summed E-state index contributed by atoms with van der Waals surface area (Å²) in [6, 6.07) is 5.24. The highest BCUT2D eigenvalue weighted by molar-refractivity contribution is 6.35. The zero-order valence-electron chi connectivity index (χ0n) is 14.7. The standard InChI is InChI=1S/C19H19Cl2N5O/c20-15-2-1-14(17(21)12-15)11-19(27)25-9-7-24(8-10-25)18-4-3-16-5-6-22-13-26(16)23-18/h1-5,12-13H,6-11H2. The highest BCUT2D eigenvalue weighted by Gasteiger charge is 2.25. The molecule has 8 heteroatoms. The molecule has 0 spiro atoms. The van der Waals surface area contributed by atoms with E-state index in [9.17, 15) is 4.79 Å². The SMILES string of the molecule is O=C(Cc1ccc(Cl)cc1Cl)N1CCN(C2=NN3C=NCC=C3C=C2)CC1. The monoisotopic (exact) mass is 403 g/mol. The Morgan fingerprint density at radius 1 is 1.11 bits per heavy atom. The van der Waals surface area contributed by atoms with E-state index in [1.807, 2.05) is 29.2 Å². The van der Waals surface area contributed by atoms with Crippen LogP contribution in [0.1, 0.15) is 5.56 Å². The number of fused-ring (bicyclic) bond motifs is 1. The average molecular weight is 404 g/mol. The molecule has 27 heavy (non-hydrogen) atoms. The number of carbonyl (C=O) groups excluding carboxylic acids is 1. The van der Waals surface area contributed by atoms with Crippen molar-refractivity contribution in [2.75, 3.05) is 32.7 Å². The van der Waals surface area contributed by atoms with Crippen molar-refractivity contribution >= 4 is 41.3 Å². The van der Waals surface area contributed by atoms with Crippen molar-refractivity contribution in [2.24, 2.45) is 10.1 Å². The predicted octanol–water partition coefficient (Wildman–Crippen LogP) is 2.79. The molecule has 0 bridgehead atoms. The molecule has 3 heterocycles. The maximum atomic E-state index is 12.6. The summed E-state index contributed by atoms with van der Waals surface area (Å²) in [6.07, 6.45) is 8.14. The van der Waals surface area contributed by atoms with Gasteiger partial charge in [-0.1, -0.05) is 29.3 Å². The smallest absolute Gasteiger partial charge is 0.227 e. The molecule has 4 rings (SSSR count). The molecule has 1 aromatic rings. The van der Waals surface area contributed by atoms with E-state index in [0.717, 1.165) is 30.2 Å². The number of amidine groups is 1. The third kappa shape index (κ3) is 4.01. The van der Waals surface area contributed by atoms with E-state index >= 15 is 0 Å². The number of benzene rings is 1. The Kier molecular flexibility index (Phi) is 5.18. The number of rotatable bonds is 2. The van der Waals surface area contributed by atoms with Gasteiger partial charge in [-0.2, -0.15) is 0 Å². The van der Waals surface area contributed by atoms with Crippen molar-refractivity contribution in [3.8, 4) is 0 Å². The first-order valence-electron chi connectivity index (χ1n) is 8.83. The van der Waals surface area contributed by atoms with Crippen LogP contribution in [0.5, 0.6) is 0 Å². The first-order chi connectivity index (χ1) is 13.1. The Bertz CT molecular complexity index is 869. The minimum atomic E-state index is 0.0772. The van der Waals surface area contributed by atoms with Crippen molar-refractivity contribution in [2.45, 2.75) is 6.42 Å². The van der Waals surface area contributed by atoms with Crippen molar-refractivity contribution in [1.82, 2.24) is 14.8 Å². The lowest BCUT2D eigenvalue weighted by molar-refractivity contribution is -0.131. The van der Waals surface area contributed by atoms with Gasteiger partial charge in [-0.25, -0.2) is 5.01 Å². The minimum Gasteiger partial charge on any atom is -0.352 e. The average Bonchev–Trinajstić information content (AvgIpc) is 2.70. The number of amides is 1. The molecule has 1 fully saturated rings. The van der Waals surface area contributed by atoms with Gasteiger partial charge in [0.25, 0.3) is 0 Å². The zero-order valence-corrected chi connectivity index (χ0v) is 16.2. The van der Waals surface area contributed by atoms with Crippen LogP contribution in [-0.2, 0) is 11.2 Å². The lowest BCUT2D eigenvalue weighted by atomic mass is 10.1. The van der Waals surface area contributed by atoms with Crippen molar-refractivity contribution in [1.29, 1.82) is 0 Å². The quantitative estimate of drug-likeness (QED) is 0.762. The van der Waals surface area contributed by atoms with Crippen molar-refractivity contribution in [3.05, 3.63) is 57.7 Å². The van der Waals surface area contributed by atoms with Gasteiger partial charge in [-0.3, -0.25) is 9.79 Å². The lowest BCUT2D eigenvalue weighted by Crippen LogP contribution is -2.51. The summed E-state index contributed by atoms with van der Waals surface area (Å²) in [5.74, 6) is 0.974. The molecule has 0 aromatic heterocycles. The molecule has 140 valence electrons. The fraction of sp³-hybridized carbons (Fsp3) is 0.316. The molecule has 1 amide bonds. The molecule has 3 aliphatic rings. The molecule has 1 aromatic carbocycles. The Hall–Kier alpha value is -2.31. The van der Waals surface area contributed by atoms with Crippen LogP contribution in [0.3, 0.4) is 0 Å². The van der Waals surface area contributed by atoms with Crippen LogP contribution in [0, 0.1) is 0 Å². The van der Waals surface area contributed by atoms with E-state index in [-0.39, 0.29) is 12.3 Å². The van der Waals surface area contributed by atoms with E-state index in [4.69, 9.17) is 23.2 Å². The van der Waals surface area contributed by atoms with Crippen LogP contribution in [0.4, 0.5) is 0 Å². The first kappa shape index (κ1) is 18.1. The van der Waals surface area contributed by atoms with Gasteiger partial charge >= 0.3 is 0 Å². The lowest BCUT2D eigenvalue weighted by Gasteiger charge is -2.37. The van der Waals surface area contributed by atoms with Gasteiger partial charge in [0, 0.05) is 36.2 Å². The molecule has 0 aliphatic carbocycles. The number of hydrazone groups is 1. The number of allylic oxidation sites excluding steroid dienone is 1. The summed E-state index contributed by atoms with van der Waals surface area (Å²) in [7, 11) is 0. The molecule has 0 unspecified atom stereocenters. The van der Waals surface area contributed by atoms with E-state index in [2.05, 4.69) is 15.0 Å². The van der Waals surface area contributed by atoms with Crippen LogP contribution < -0.4 is 0 Å². The molecule has 0 N–H and O–H groups in total. The number of carbonyl (C=O) groups is 1. The van der Waals surface area contributed by atoms with Crippen LogP contribution in [-0.4, -0.2) is 65.6 Å². The van der Waals surface area contributed by atoms with Crippen molar-refractivity contribution < 1.29 is 4.79 Å². The third-order valence-electron chi connectivity index (χ3n) is 4.79. The van der Waals surface area contributed by atoms with Gasteiger partial charge in [0.05, 0.1) is 18.7 Å².